The van der Waals surface area contributed by atoms with E-state index in [1.54, 1.807) is 35.4 Å². The maximum Gasteiger partial charge on any atom is 0.508 e. The van der Waals surface area contributed by atoms with E-state index in [9.17, 15) is 14.4 Å². The first kappa shape index (κ1) is 21.9. The van der Waals surface area contributed by atoms with E-state index >= 15 is 0 Å². The summed E-state index contributed by atoms with van der Waals surface area (Å²) in [5, 5.41) is 0. The van der Waals surface area contributed by atoms with Crippen molar-refractivity contribution in [1.82, 2.24) is 9.55 Å². The lowest BCUT2D eigenvalue weighted by atomic mass is 10.2. The summed E-state index contributed by atoms with van der Waals surface area (Å²) in [6.07, 6.45) is -0.535. The Morgan fingerprint density at radius 1 is 1.41 bits per heavy atom. The zero-order valence-electron chi connectivity index (χ0n) is 16.1. The lowest BCUT2D eigenvalue weighted by Gasteiger charge is -2.16. The molecule has 1 aromatic rings. The average Bonchev–Trinajstić information content (AvgIpc) is 2.90. The number of hydrogen-bond acceptors (Lipinski definition) is 8. The van der Waals surface area contributed by atoms with Crippen LogP contribution in [0.2, 0.25) is 0 Å². The molecule has 1 unspecified atom stereocenters. The monoisotopic (exact) mass is 418 g/mol. The molecule has 2 rings (SSSR count). The Morgan fingerprint density at radius 3 is 2.78 bits per heavy atom. The second-order valence-electron chi connectivity index (χ2n) is 7.28. The Morgan fingerprint density at radius 2 is 2.11 bits per heavy atom. The molecule has 3 atom stereocenters. The average molecular weight is 419 g/mol. The predicted octanol–water partition coefficient (Wildman–Crippen LogP) is 2.85. The number of rotatable bonds is 6. The molecular formula is C17H26N2O6S2. The Labute approximate surface area is 165 Å². The number of nitrogens with one attached hydrogen (secondary N) is 1. The highest BCUT2D eigenvalue weighted by Crippen LogP contribution is 2.34. The van der Waals surface area contributed by atoms with Crippen LogP contribution in [-0.2, 0) is 14.2 Å². The van der Waals surface area contributed by atoms with E-state index in [0.717, 1.165) is 0 Å². The summed E-state index contributed by atoms with van der Waals surface area (Å²) in [6.45, 7) is 9.98. The van der Waals surface area contributed by atoms with Crippen molar-refractivity contribution in [1.29, 1.82) is 0 Å². The summed E-state index contributed by atoms with van der Waals surface area (Å²) in [6, 6.07) is 0. The lowest BCUT2D eigenvalue weighted by molar-refractivity contribution is -0.0267. The van der Waals surface area contributed by atoms with Crippen LogP contribution < -0.4 is 11.2 Å². The molecule has 0 saturated carbocycles. The number of ether oxygens (including phenoxy) is 3. The second kappa shape index (κ2) is 9.20. The van der Waals surface area contributed by atoms with E-state index in [1.807, 2.05) is 0 Å². The molecule has 27 heavy (non-hydrogen) atoms. The predicted molar refractivity (Wildman–Crippen MR) is 106 cm³/mol. The molecular weight excluding hydrogens is 392 g/mol. The Bertz CT molecular complexity index is 770. The summed E-state index contributed by atoms with van der Waals surface area (Å²) in [5.41, 5.74) is -0.583. The zero-order chi connectivity index (χ0) is 20.2. The highest BCUT2D eigenvalue weighted by atomic mass is 33.1. The fourth-order valence-corrected chi connectivity index (χ4v) is 4.54. The van der Waals surface area contributed by atoms with E-state index in [4.69, 9.17) is 14.2 Å². The molecule has 0 radical (unpaired) electrons. The molecule has 1 fully saturated rings. The number of aromatic nitrogens is 2. The molecule has 0 amide bonds. The van der Waals surface area contributed by atoms with Crippen LogP contribution in [0, 0.1) is 6.92 Å². The fourth-order valence-electron chi connectivity index (χ4n) is 2.44. The van der Waals surface area contributed by atoms with Crippen molar-refractivity contribution < 1.29 is 19.0 Å². The quantitative estimate of drug-likeness (QED) is 0.428. The third-order valence-electron chi connectivity index (χ3n) is 3.73. The largest absolute Gasteiger partial charge is 0.508 e. The van der Waals surface area contributed by atoms with Gasteiger partial charge in [-0.05, 0) is 13.8 Å². The Balaban J connectivity index is 1.83. The van der Waals surface area contributed by atoms with Crippen LogP contribution in [0.5, 0.6) is 0 Å². The third-order valence-corrected chi connectivity index (χ3v) is 7.03. The van der Waals surface area contributed by atoms with Gasteiger partial charge in [0.15, 0.2) is 0 Å². The number of aromatic amines is 1. The summed E-state index contributed by atoms with van der Waals surface area (Å²) < 4.78 is 17.6. The minimum absolute atomic E-state index is 0.148. The minimum Gasteiger partial charge on any atom is -0.433 e. The van der Waals surface area contributed by atoms with Crippen LogP contribution in [0.3, 0.4) is 0 Å². The highest BCUT2D eigenvalue weighted by Gasteiger charge is 2.37. The van der Waals surface area contributed by atoms with E-state index in [-0.39, 0.29) is 11.4 Å². The normalized spacial score (nSPS) is 22.6. The van der Waals surface area contributed by atoms with Crippen LogP contribution >= 0.6 is 21.6 Å². The van der Waals surface area contributed by atoms with Gasteiger partial charge in [-0.1, -0.05) is 42.4 Å². The first-order valence-electron chi connectivity index (χ1n) is 8.68. The van der Waals surface area contributed by atoms with Gasteiger partial charge >= 0.3 is 11.8 Å². The van der Waals surface area contributed by atoms with Gasteiger partial charge in [0.25, 0.3) is 5.56 Å². The zero-order valence-corrected chi connectivity index (χ0v) is 17.8. The van der Waals surface area contributed by atoms with Crippen LogP contribution in [0.25, 0.3) is 0 Å². The van der Waals surface area contributed by atoms with Crippen molar-refractivity contribution in [2.24, 2.45) is 0 Å². The van der Waals surface area contributed by atoms with E-state index in [1.165, 1.54) is 10.8 Å². The summed E-state index contributed by atoms with van der Waals surface area (Å²) in [4.78, 5) is 37.6. The van der Waals surface area contributed by atoms with Crippen molar-refractivity contribution in [3.63, 3.8) is 0 Å². The molecule has 0 aliphatic carbocycles. The van der Waals surface area contributed by atoms with Gasteiger partial charge in [-0.3, -0.25) is 14.3 Å². The van der Waals surface area contributed by atoms with Gasteiger partial charge in [-0.15, -0.1) is 0 Å². The number of H-pyrrole nitrogens is 1. The molecule has 1 aliphatic heterocycles. The van der Waals surface area contributed by atoms with E-state index in [0.29, 0.717) is 17.7 Å². The number of carbonyl (C=O) groups is 1. The molecule has 0 aromatic carbocycles. The fraction of sp³-hybridized carbons (Fsp3) is 0.706. The van der Waals surface area contributed by atoms with Gasteiger partial charge in [0.2, 0.25) is 0 Å². The Kier molecular flexibility index (Phi) is 7.47. The minimum atomic E-state index is -0.748. The standard InChI is InChI=1S/C17H26N2O6S2/c1-10-9-19(15(21)18-14(10)20)13-8-12(11(2)24-13)25-16(22)23-6-7-26-27-17(3,4)5/h9,11-13H,6-8H2,1-5H3,(H,18,20,21)/t11-,12?,13-/m1/s1. The van der Waals surface area contributed by atoms with Gasteiger partial charge in [0.1, 0.15) is 18.9 Å². The van der Waals surface area contributed by atoms with Crippen LogP contribution in [0.15, 0.2) is 15.8 Å². The molecule has 1 N–H and O–H groups in total. The van der Waals surface area contributed by atoms with Crippen molar-refractivity contribution in [2.75, 3.05) is 12.4 Å². The van der Waals surface area contributed by atoms with E-state index in [2.05, 4.69) is 25.8 Å². The summed E-state index contributed by atoms with van der Waals surface area (Å²) >= 11 is 0. The maximum absolute atomic E-state index is 12.0. The molecule has 1 aliphatic rings. The molecule has 2 heterocycles. The van der Waals surface area contributed by atoms with Crippen LogP contribution in [-0.4, -0.2) is 45.0 Å². The van der Waals surface area contributed by atoms with Crippen molar-refractivity contribution in [2.45, 2.75) is 64.2 Å². The molecule has 10 heteroatoms. The molecule has 1 aromatic heterocycles. The van der Waals surface area contributed by atoms with Gasteiger partial charge in [-0.25, -0.2) is 9.59 Å². The first-order valence-corrected chi connectivity index (χ1v) is 11.0. The number of hydrogen-bond donors (Lipinski definition) is 1. The van der Waals surface area contributed by atoms with Crippen molar-refractivity contribution in [3.8, 4) is 0 Å². The number of nitrogens with zero attached hydrogens (tertiary/aromatic N) is 1. The SMILES string of the molecule is Cc1cn([C@H]2CC(OC(=O)OCCSSC(C)(C)C)[C@@H](C)O2)c(=O)[nH]c1=O. The van der Waals surface area contributed by atoms with Gasteiger partial charge in [-0.2, -0.15) is 0 Å². The summed E-state index contributed by atoms with van der Waals surface area (Å²) in [7, 11) is 3.37. The smallest absolute Gasteiger partial charge is 0.433 e. The van der Waals surface area contributed by atoms with Crippen molar-refractivity contribution >= 4 is 27.7 Å². The first-order chi connectivity index (χ1) is 12.6. The second-order valence-corrected chi connectivity index (χ2v) is 10.5. The van der Waals surface area contributed by atoms with Gasteiger partial charge < -0.3 is 14.2 Å². The molecule has 0 bridgehead atoms. The van der Waals surface area contributed by atoms with E-state index < -0.39 is 35.8 Å². The molecule has 0 spiro atoms. The molecule has 1 saturated heterocycles. The molecule has 152 valence electrons. The highest BCUT2D eigenvalue weighted by molar-refractivity contribution is 8.77. The maximum atomic E-state index is 12.0. The third kappa shape index (κ3) is 6.62. The van der Waals surface area contributed by atoms with Crippen LogP contribution in [0.1, 0.15) is 45.9 Å². The Hall–Kier alpha value is -1.39. The number of aryl methyl sites for hydroxylation is 1. The molecule has 8 nitrogen and oxygen atoms in total. The lowest BCUT2D eigenvalue weighted by Crippen LogP contribution is -2.33. The summed E-state index contributed by atoms with van der Waals surface area (Å²) in [5.74, 6) is 0.669. The number of carbonyl (C=O) groups excluding carboxylic acids is 1. The topological polar surface area (TPSA) is 99.6 Å². The van der Waals surface area contributed by atoms with Gasteiger partial charge in [0.05, 0.1) is 6.10 Å². The van der Waals surface area contributed by atoms with Gasteiger partial charge in [0, 0.05) is 28.7 Å². The van der Waals surface area contributed by atoms with Crippen molar-refractivity contribution in [3.05, 3.63) is 32.6 Å². The van der Waals surface area contributed by atoms with Crippen LogP contribution in [0.4, 0.5) is 4.79 Å².